The Morgan fingerprint density at radius 2 is 1.96 bits per heavy atom. The average Bonchev–Trinajstić information content (AvgIpc) is 2.66. The SMILES string of the molecule is CN1CC(CC(=O)O)(NC(=O)OCc2ccccc2)CC1(C)C. The average molecular weight is 320 g/mol. The van der Waals surface area contributed by atoms with Gasteiger partial charge < -0.3 is 15.2 Å². The van der Waals surface area contributed by atoms with Gasteiger partial charge in [0.05, 0.1) is 12.0 Å². The minimum Gasteiger partial charge on any atom is -0.481 e. The molecule has 1 fully saturated rings. The van der Waals surface area contributed by atoms with E-state index in [1.165, 1.54) is 0 Å². The highest BCUT2D eigenvalue weighted by Crippen LogP contribution is 2.36. The van der Waals surface area contributed by atoms with Crippen LogP contribution in [0.15, 0.2) is 30.3 Å². The molecule has 23 heavy (non-hydrogen) atoms. The van der Waals surface area contributed by atoms with Crippen molar-refractivity contribution in [3.05, 3.63) is 35.9 Å². The van der Waals surface area contributed by atoms with Crippen LogP contribution in [-0.4, -0.2) is 46.7 Å². The molecule has 6 heteroatoms. The molecule has 1 aromatic rings. The van der Waals surface area contributed by atoms with Crippen LogP contribution in [0, 0.1) is 0 Å². The summed E-state index contributed by atoms with van der Waals surface area (Å²) < 4.78 is 5.24. The number of carbonyl (C=O) groups is 2. The third-order valence-electron chi connectivity index (χ3n) is 4.41. The smallest absolute Gasteiger partial charge is 0.407 e. The molecule has 6 nitrogen and oxygen atoms in total. The Kier molecular flexibility index (Phi) is 4.94. The molecule has 1 heterocycles. The third kappa shape index (κ3) is 4.45. The molecule has 1 aliphatic rings. The lowest BCUT2D eigenvalue weighted by molar-refractivity contribution is -0.138. The Hall–Kier alpha value is -2.08. The van der Waals surface area contributed by atoms with Crippen LogP contribution in [0.2, 0.25) is 0 Å². The van der Waals surface area contributed by atoms with Gasteiger partial charge in [0.15, 0.2) is 0 Å². The summed E-state index contributed by atoms with van der Waals surface area (Å²) >= 11 is 0. The van der Waals surface area contributed by atoms with E-state index in [1.807, 2.05) is 51.2 Å². The van der Waals surface area contributed by atoms with Gasteiger partial charge in [0, 0.05) is 12.1 Å². The van der Waals surface area contributed by atoms with Crippen LogP contribution in [0.1, 0.15) is 32.3 Å². The number of alkyl carbamates (subject to hydrolysis) is 1. The summed E-state index contributed by atoms with van der Waals surface area (Å²) in [7, 11) is 1.93. The van der Waals surface area contributed by atoms with Gasteiger partial charge in [0.1, 0.15) is 6.61 Å². The number of nitrogens with one attached hydrogen (secondary N) is 1. The number of benzene rings is 1. The summed E-state index contributed by atoms with van der Waals surface area (Å²) in [6.07, 6.45) is -0.147. The molecule has 1 unspecified atom stereocenters. The highest BCUT2D eigenvalue weighted by molar-refractivity contribution is 5.73. The van der Waals surface area contributed by atoms with Gasteiger partial charge in [-0.05, 0) is 32.9 Å². The van der Waals surface area contributed by atoms with Gasteiger partial charge in [-0.1, -0.05) is 30.3 Å². The standard InChI is InChI=1S/C17H24N2O4/c1-16(2)11-17(9-14(20)21,12-19(16)3)18-15(22)23-10-13-7-5-4-6-8-13/h4-8H,9-12H2,1-3H3,(H,18,22)(H,20,21). The molecule has 1 amide bonds. The predicted octanol–water partition coefficient (Wildman–Crippen LogP) is 2.24. The van der Waals surface area contributed by atoms with Crippen LogP contribution in [-0.2, 0) is 16.1 Å². The van der Waals surface area contributed by atoms with Crippen molar-refractivity contribution in [1.82, 2.24) is 10.2 Å². The Balaban J connectivity index is 2.01. The van der Waals surface area contributed by atoms with E-state index < -0.39 is 17.6 Å². The van der Waals surface area contributed by atoms with Crippen LogP contribution >= 0.6 is 0 Å². The van der Waals surface area contributed by atoms with Gasteiger partial charge >= 0.3 is 12.1 Å². The molecule has 2 rings (SSSR count). The number of carboxylic acids is 1. The van der Waals surface area contributed by atoms with Crippen molar-refractivity contribution in [3.63, 3.8) is 0 Å². The Morgan fingerprint density at radius 3 is 2.48 bits per heavy atom. The van der Waals surface area contributed by atoms with Gasteiger partial charge in [-0.3, -0.25) is 9.69 Å². The number of nitrogens with zero attached hydrogens (tertiary/aromatic N) is 1. The zero-order chi connectivity index (χ0) is 17.1. The maximum Gasteiger partial charge on any atom is 0.407 e. The van der Waals surface area contributed by atoms with Gasteiger partial charge in [-0.2, -0.15) is 0 Å². The third-order valence-corrected chi connectivity index (χ3v) is 4.41. The van der Waals surface area contributed by atoms with Crippen molar-refractivity contribution in [3.8, 4) is 0 Å². The fourth-order valence-corrected chi connectivity index (χ4v) is 3.20. The van der Waals surface area contributed by atoms with E-state index >= 15 is 0 Å². The van der Waals surface area contributed by atoms with Crippen LogP contribution in [0.25, 0.3) is 0 Å². The van der Waals surface area contributed by atoms with E-state index in [1.54, 1.807) is 0 Å². The first-order valence-corrected chi connectivity index (χ1v) is 7.64. The molecule has 2 N–H and O–H groups in total. The number of likely N-dealkylation sites (tertiary alicyclic amines) is 1. The van der Waals surface area contributed by atoms with Gasteiger partial charge in [-0.25, -0.2) is 4.79 Å². The molecule has 1 aromatic carbocycles. The predicted molar refractivity (Wildman–Crippen MR) is 86.1 cm³/mol. The normalized spacial score (nSPS) is 23.4. The van der Waals surface area contributed by atoms with Crippen LogP contribution in [0.3, 0.4) is 0 Å². The highest BCUT2D eigenvalue weighted by atomic mass is 16.5. The maximum atomic E-state index is 12.1. The van der Waals surface area contributed by atoms with Crippen molar-refractivity contribution in [2.45, 2.75) is 44.4 Å². The van der Waals surface area contributed by atoms with E-state index in [0.29, 0.717) is 13.0 Å². The van der Waals surface area contributed by atoms with Crippen molar-refractivity contribution in [2.75, 3.05) is 13.6 Å². The number of amides is 1. The summed E-state index contributed by atoms with van der Waals surface area (Å²) in [6, 6.07) is 9.37. The molecule has 1 aliphatic heterocycles. The first kappa shape index (κ1) is 17.3. The molecule has 126 valence electrons. The molecule has 0 aromatic heterocycles. The van der Waals surface area contributed by atoms with Crippen LogP contribution in [0.4, 0.5) is 4.79 Å². The van der Waals surface area contributed by atoms with E-state index in [2.05, 4.69) is 10.2 Å². The molecule has 0 spiro atoms. The zero-order valence-electron chi connectivity index (χ0n) is 13.8. The van der Waals surface area contributed by atoms with Crippen molar-refractivity contribution in [1.29, 1.82) is 0 Å². The van der Waals surface area contributed by atoms with Crippen molar-refractivity contribution >= 4 is 12.1 Å². The number of hydrogen-bond acceptors (Lipinski definition) is 4. The second kappa shape index (κ2) is 6.58. The van der Waals surface area contributed by atoms with E-state index in [-0.39, 0.29) is 18.6 Å². The quantitative estimate of drug-likeness (QED) is 0.870. The second-order valence-corrected chi connectivity index (χ2v) is 6.88. The van der Waals surface area contributed by atoms with Gasteiger partial charge in [0.25, 0.3) is 0 Å². The Bertz CT molecular complexity index is 573. The van der Waals surface area contributed by atoms with E-state index in [0.717, 1.165) is 5.56 Å². The summed E-state index contributed by atoms with van der Waals surface area (Å²) in [5.41, 5.74) is -0.0983. The van der Waals surface area contributed by atoms with E-state index in [4.69, 9.17) is 4.74 Å². The Labute approximate surface area is 136 Å². The molecule has 0 saturated carbocycles. The zero-order valence-corrected chi connectivity index (χ0v) is 13.8. The molecular weight excluding hydrogens is 296 g/mol. The molecular formula is C17H24N2O4. The summed E-state index contributed by atoms with van der Waals surface area (Å²) in [6.45, 7) is 4.71. The first-order chi connectivity index (χ1) is 10.7. The molecule has 0 aliphatic carbocycles. The monoisotopic (exact) mass is 320 g/mol. The summed E-state index contributed by atoms with van der Waals surface area (Å²) in [5.74, 6) is -0.931. The molecule has 1 saturated heterocycles. The largest absolute Gasteiger partial charge is 0.481 e. The fraction of sp³-hybridized carbons (Fsp3) is 0.529. The minimum atomic E-state index is -0.931. The van der Waals surface area contributed by atoms with Crippen LogP contribution in [0.5, 0.6) is 0 Å². The molecule has 0 bridgehead atoms. The first-order valence-electron chi connectivity index (χ1n) is 7.64. The number of rotatable bonds is 5. The number of carbonyl (C=O) groups excluding carboxylic acids is 1. The van der Waals surface area contributed by atoms with Gasteiger partial charge in [-0.15, -0.1) is 0 Å². The highest BCUT2D eigenvalue weighted by Gasteiger charge is 2.49. The lowest BCUT2D eigenvalue weighted by atomic mass is 9.87. The number of hydrogen-bond donors (Lipinski definition) is 2. The number of carboxylic acid groups (broad SMARTS) is 1. The number of ether oxygens (including phenoxy) is 1. The molecule has 1 atom stereocenters. The van der Waals surface area contributed by atoms with Crippen LogP contribution < -0.4 is 5.32 Å². The molecule has 0 radical (unpaired) electrons. The Morgan fingerprint density at radius 1 is 1.30 bits per heavy atom. The maximum absolute atomic E-state index is 12.1. The summed E-state index contributed by atoms with van der Waals surface area (Å²) in [5, 5.41) is 12.0. The van der Waals surface area contributed by atoms with Gasteiger partial charge in [0.2, 0.25) is 0 Å². The lowest BCUT2D eigenvalue weighted by Crippen LogP contribution is -2.51. The topological polar surface area (TPSA) is 78.9 Å². The summed E-state index contributed by atoms with van der Waals surface area (Å²) in [4.78, 5) is 25.4. The fourth-order valence-electron chi connectivity index (χ4n) is 3.20. The minimum absolute atomic E-state index is 0.124. The lowest BCUT2D eigenvalue weighted by Gasteiger charge is -2.29. The number of aliphatic carboxylic acids is 1. The van der Waals surface area contributed by atoms with E-state index in [9.17, 15) is 14.7 Å². The second-order valence-electron chi connectivity index (χ2n) is 6.88. The van der Waals surface area contributed by atoms with Crippen molar-refractivity contribution in [2.24, 2.45) is 0 Å². The number of likely N-dealkylation sites (N-methyl/N-ethyl adjacent to an activating group) is 1. The van der Waals surface area contributed by atoms with Crippen molar-refractivity contribution < 1.29 is 19.4 Å².